The molecular weight excluding hydrogens is 633 g/mol. The Hall–Kier alpha value is -4.32. The van der Waals surface area contributed by atoms with Gasteiger partial charge in [0.1, 0.15) is 0 Å². The van der Waals surface area contributed by atoms with E-state index in [9.17, 15) is 0 Å². The Balaban J connectivity index is 1.28. The lowest BCUT2D eigenvalue weighted by Gasteiger charge is -2.34. The molecule has 216 valence electrons. The lowest BCUT2D eigenvalue weighted by atomic mass is 9.68. The molecule has 0 bridgehead atoms. The fourth-order valence-electron chi connectivity index (χ4n) is 8.84. The Morgan fingerprint density at radius 1 is 0.348 bits per heavy atom. The molecule has 0 atom stereocenters. The molecule has 0 amide bonds. The summed E-state index contributed by atoms with van der Waals surface area (Å²) in [7, 11) is 0. The van der Waals surface area contributed by atoms with Crippen molar-refractivity contribution in [2.45, 2.75) is 10.8 Å². The van der Waals surface area contributed by atoms with E-state index in [1.807, 2.05) is 45.3 Å². The quantitative estimate of drug-likeness (QED) is 0.178. The normalized spacial score (nSPS) is 15.3. The molecule has 3 aliphatic rings. The lowest BCUT2D eigenvalue weighted by Crippen LogP contribution is -2.29. The molecule has 46 heavy (non-hydrogen) atoms. The van der Waals surface area contributed by atoms with Crippen LogP contribution in [0.1, 0.15) is 43.8 Å². The molecule has 4 heterocycles. The first kappa shape index (κ1) is 25.8. The van der Waals surface area contributed by atoms with Crippen molar-refractivity contribution in [3.05, 3.63) is 187 Å². The molecule has 4 aromatic heterocycles. The van der Waals surface area contributed by atoms with E-state index in [-0.39, 0.29) is 5.41 Å². The first-order valence-electron chi connectivity index (χ1n) is 15.6. The number of benzene rings is 4. The van der Waals surface area contributed by atoms with Gasteiger partial charge >= 0.3 is 0 Å². The van der Waals surface area contributed by atoms with Crippen molar-refractivity contribution < 1.29 is 0 Å². The second-order valence-corrected chi connectivity index (χ2v) is 16.1. The van der Waals surface area contributed by atoms with Crippen LogP contribution in [0.2, 0.25) is 0 Å². The van der Waals surface area contributed by atoms with Crippen LogP contribution in [0.15, 0.2) is 144 Å². The van der Waals surface area contributed by atoms with Crippen LogP contribution in [0.4, 0.5) is 0 Å². The van der Waals surface area contributed by atoms with Gasteiger partial charge in [-0.3, -0.25) is 0 Å². The smallest absolute Gasteiger partial charge is 0.0829 e. The summed E-state index contributed by atoms with van der Waals surface area (Å²) in [5, 5.41) is 6.91. The molecule has 0 N–H and O–H groups in total. The summed E-state index contributed by atoms with van der Waals surface area (Å²) in [4.78, 5) is 7.12. The molecule has 11 rings (SSSR count). The van der Waals surface area contributed by atoms with E-state index in [4.69, 9.17) is 0 Å². The van der Waals surface area contributed by atoms with E-state index in [0.717, 1.165) is 0 Å². The molecule has 0 fully saturated rings. The predicted octanol–water partition coefficient (Wildman–Crippen LogP) is 12.3. The van der Waals surface area contributed by atoms with Gasteiger partial charge in [-0.25, -0.2) is 0 Å². The Morgan fingerprint density at radius 2 is 0.804 bits per heavy atom. The largest absolute Gasteiger partial charge is 0.143 e. The second kappa shape index (κ2) is 9.15. The lowest BCUT2D eigenvalue weighted by molar-refractivity contribution is 0.773. The zero-order valence-corrected chi connectivity index (χ0v) is 27.8. The molecule has 3 aliphatic carbocycles. The molecule has 4 heteroatoms. The molecule has 8 aromatic rings. The van der Waals surface area contributed by atoms with Gasteiger partial charge in [0.05, 0.1) is 10.8 Å². The average Bonchev–Trinajstić information content (AvgIpc) is 3.95. The van der Waals surface area contributed by atoms with Crippen LogP contribution in [0.25, 0.3) is 41.8 Å². The van der Waals surface area contributed by atoms with E-state index >= 15 is 0 Å². The summed E-state index contributed by atoms with van der Waals surface area (Å²) in [6, 6.07) is 48.2. The molecule has 4 aromatic carbocycles. The SMILES string of the molecule is c1ccc(-c2ccccc2C2(c3cc4c(s3)-c3sccc3C43c4ccccc4-c4ccccc43)c3ccsc3-c3sccc32)cc1. The number of hydrogen-bond donors (Lipinski definition) is 0. The van der Waals surface area contributed by atoms with Gasteiger partial charge in [0.2, 0.25) is 0 Å². The molecule has 0 saturated carbocycles. The third-order valence-electron chi connectivity index (χ3n) is 10.5. The summed E-state index contributed by atoms with van der Waals surface area (Å²) in [6.45, 7) is 0. The third-order valence-corrected chi connectivity index (χ3v) is 14.8. The highest BCUT2D eigenvalue weighted by atomic mass is 32.1. The van der Waals surface area contributed by atoms with Gasteiger partial charge < -0.3 is 0 Å². The molecule has 0 unspecified atom stereocenters. The van der Waals surface area contributed by atoms with Crippen molar-refractivity contribution in [2.24, 2.45) is 0 Å². The third kappa shape index (κ3) is 2.92. The van der Waals surface area contributed by atoms with Crippen LogP contribution in [-0.2, 0) is 10.8 Å². The standard InChI is InChI=1S/C42H24S4/c1-2-10-25(11-3-1)26-12-4-7-15-29(26)42(33-19-22-43-37(33)38-34(42)20-23-44-38)36-24-35-40(46-36)39-32(18-21-45-39)41(35)30-16-8-5-13-27(30)28-14-6-9-17-31(28)41/h1-24H. The topological polar surface area (TPSA) is 0 Å². The number of fused-ring (bicyclic) bond motifs is 13. The van der Waals surface area contributed by atoms with Crippen LogP contribution in [0, 0.1) is 0 Å². The Labute approximate surface area is 283 Å². The minimum atomic E-state index is -0.400. The van der Waals surface area contributed by atoms with Gasteiger partial charge in [0.25, 0.3) is 0 Å². The molecule has 0 aliphatic heterocycles. The van der Waals surface area contributed by atoms with Crippen LogP contribution in [0.5, 0.6) is 0 Å². The molecular formula is C42H24S4. The van der Waals surface area contributed by atoms with Gasteiger partial charge in [-0.1, -0.05) is 103 Å². The number of hydrogen-bond acceptors (Lipinski definition) is 4. The maximum atomic E-state index is 2.63. The van der Waals surface area contributed by atoms with Gasteiger partial charge in [-0.15, -0.1) is 45.3 Å². The van der Waals surface area contributed by atoms with Crippen molar-refractivity contribution in [3.8, 4) is 41.8 Å². The highest BCUT2D eigenvalue weighted by Gasteiger charge is 2.56. The van der Waals surface area contributed by atoms with Crippen molar-refractivity contribution in [1.82, 2.24) is 0 Å². The van der Waals surface area contributed by atoms with Crippen molar-refractivity contribution >= 4 is 45.3 Å². The summed E-state index contributed by atoms with van der Waals surface area (Å²) in [5.41, 5.74) is 14.5. The number of rotatable bonds is 3. The van der Waals surface area contributed by atoms with Gasteiger partial charge in [0, 0.05) is 24.4 Å². The first-order chi connectivity index (χ1) is 22.8. The summed E-state index contributed by atoms with van der Waals surface area (Å²) in [6.07, 6.45) is 0. The number of thiophene rings is 4. The van der Waals surface area contributed by atoms with E-state index in [1.54, 1.807) is 0 Å². The zero-order chi connectivity index (χ0) is 30.0. The van der Waals surface area contributed by atoms with E-state index < -0.39 is 5.41 Å². The minimum Gasteiger partial charge on any atom is -0.143 e. The van der Waals surface area contributed by atoms with Crippen molar-refractivity contribution in [2.75, 3.05) is 0 Å². The monoisotopic (exact) mass is 656 g/mol. The van der Waals surface area contributed by atoms with Crippen molar-refractivity contribution in [1.29, 1.82) is 0 Å². The van der Waals surface area contributed by atoms with Crippen molar-refractivity contribution in [3.63, 3.8) is 0 Å². The predicted molar refractivity (Wildman–Crippen MR) is 197 cm³/mol. The molecule has 1 spiro atoms. The average molecular weight is 657 g/mol. The highest BCUT2D eigenvalue weighted by Crippen LogP contribution is 2.68. The fraction of sp³-hybridized carbons (Fsp3) is 0.0476. The van der Waals surface area contributed by atoms with Crippen LogP contribution < -0.4 is 0 Å². The van der Waals surface area contributed by atoms with Gasteiger partial charge in [0.15, 0.2) is 0 Å². The Bertz CT molecular complexity index is 2410. The first-order valence-corrected chi connectivity index (χ1v) is 19.0. The van der Waals surface area contributed by atoms with E-state index in [2.05, 4.69) is 144 Å². The summed E-state index contributed by atoms with van der Waals surface area (Å²) in [5.74, 6) is 0. The van der Waals surface area contributed by atoms with Gasteiger partial charge in [-0.05, 0) is 102 Å². The van der Waals surface area contributed by atoms with E-state index in [1.165, 1.54) is 85.6 Å². The molecule has 0 saturated heterocycles. The van der Waals surface area contributed by atoms with E-state index in [0.29, 0.717) is 0 Å². The highest BCUT2D eigenvalue weighted by molar-refractivity contribution is 7.22. The summed E-state index contributed by atoms with van der Waals surface area (Å²) < 4.78 is 0. The Morgan fingerprint density at radius 3 is 1.39 bits per heavy atom. The fourth-order valence-corrected chi connectivity index (χ4v) is 13.5. The maximum Gasteiger partial charge on any atom is 0.0829 e. The van der Waals surface area contributed by atoms with Gasteiger partial charge in [-0.2, -0.15) is 0 Å². The van der Waals surface area contributed by atoms with Crippen LogP contribution in [0.3, 0.4) is 0 Å². The second-order valence-electron chi connectivity index (χ2n) is 12.3. The molecule has 0 nitrogen and oxygen atoms in total. The molecule has 0 radical (unpaired) electrons. The van der Waals surface area contributed by atoms with Crippen LogP contribution in [-0.4, -0.2) is 0 Å². The minimum absolute atomic E-state index is 0.305. The maximum absolute atomic E-state index is 2.63. The summed E-state index contributed by atoms with van der Waals surface area (Å²) >= 11 is 7.71. The Kier molecular flexibility index (Phi) is 5.14. The zero-order valence-electron chi connectivity index (χ0n) is 24.5. The van der Waals surface area contributed by atoms with Crippen LogP contribution >= 0.6 is 45.3 Å².